The third-order valence-electron chi connectivity index (χ3n) is 2.48. The highest BCUT2D eigenvalue weighted by molar-refractivity contribution is 6.24. The van der Waals surface area contributed by atoms with Crippen molar-refractivity contribution in [2.75, 3.05) is 26.3 Å². The van der Waals surface area contributed by atoms with Crippen LogP contribution in [0.25, 0.3) is 0 Å². The zero-order chi connectivity index (χ0) is 8.60. The maximum absolute atomic E-state index is 6.12. The number of rotatable bonds is 2. The van der Waals surface area contributed by atoms with E-state index in [0.29, 0.717) is 0 Å². The lowest BCUT2D eigenvalue weighted by Gasteiger charge is -2.25. The lowest BCUT2D eigenvalue weighted by atomic mass is 10.3. The highest BCUT2D eigenvalue weighted by Gasteiger charge is 2.57. The van der Waals surface area contributed by atoms with Gasteiger partial charge in [0.1, 0.15) is 0 Å². The molecule has 2 unspecified atom stereocenters. The third kappa shape index (κ3) is 1.46. The summed E-state index contributed by atoms with van der Waals surface area (Å²) in [5.74, 6) is 0. The van der Waals surface area contributed by atoms with Crippen molar-refractivity contribution in [3.8, 4) is 0 Å². The van der Waals surface area contributed by atoms with Crippen LogP contribution in [0, 0.1) is 0 Å². The van der Waals surface area contributed by atoms with Gasteiger partial charge in [-0.25, -0.2) is 0 Å². The smallest absolute Gasteiger partial charge is 0.183 e. The van der Waals surface area contributed by atoms with Gasteiger partial charge in [0.25, 0.3) is 0 Å². The zero-order valence-electron chi connectivity index (χ0n) is 7.25. The van der Waals surface area contributed by atoms with Gasteiger partial charge in [0.05, 0.1) is 13.2 Å². The summed E-state index contributed by atoms with van der Waals surface area (Å²) < 4.78 is 10.7. The van der Waals surface area contributed by atoms with E-state index in [1.165, 1.54) is 0 Å². The summed E-state index contributed by atoms with van der Waals surface area (Å²) in [4.78, 5) is 2.25. The molecule has 0 radical (unpaired) electrons. The molecule has 2 atom stereocenters. The Morgan fingerprint density at radius 3 is 2.67 bits per heavy atom. The van der Waals surface area contributed by atoms with Crippen LogP contribution in [0.15, 0.2) is 0 Å². The molecule has 0 aliphatic carbocycles. The molecule has 0 aromatic heterocycles. The van der Waals surface area contributed by atoms with Gasteiger partial charge in [-0.2, -0.15) is 0 Å². The maximum Gasteiger partial charge on any atom is 0.183 e. The Kier molecular flexibility index (Phi) is 2.29. The summed E-state index contributed by atoms with van der Waals surface area (Å²) in [7, 11) is 0. The van der Waals surface area contributed by atoms with Crippen molar-refractivity contribution in [1.82, 2.24) is 4.90 Å². The molecule has 3 nitrogen and oxygen atoms in total. The van der Waals surface area contributed by atoms with Crippen molar-refractivity contribution in [2.45, 2.75) is 24.6 Å². The Morgan fingerprint density at radius 1 is 1.50 bits per heavy atom. The fourth-order valence-corrected chi connectivity index (χ4v) is 1.79. The van der Waals surface area contributed by atoms with Gasteiger partial charge in [-0.15, -0.1) is 0 Å². The second-order valence-corrected chi connectivity index (χ2v) is 3.90. The predicted octanol–water partition coefficient (Wildman–Crippen LogP) is 1.02. The van der Waals surface area contributed by atoms with E-state index in [1.54, 1.807) is 0 Å². The summed E-state index contributed by atoms with van der Waals surface area (Å²) in [6, 6.07) is 0. The minimum absolute atomic E-state index is 0.132. The fourth-order valence-electron chi connectivity index (χ4n) is 1.57. The van der Waals surface area contributed by atoms with Crippen LogP contribution >= 0.6 is 11.6 Å². The first kappa shape index (κ1) is 8.75. The average molecular weight is 192 g/mol. The van der Waals surface area contributed by atoms with Crippen molar-refractivity contribution in [2.24, 2.45) is 0 Å². The van der Waals surface area contributed by atoms with Crippen LogP contribution in [-0.2, 0) is 9.47 Å². The van der Waals surface area contributed by atoms with Crippen LogP contribution in [0.5, 0.6) is 0 Å². The Morgan fingerprint density at radius 2 is 2.17 bits per heavy atom. The molecule has 2 aliphatic rings. The van der Waals surface area contributed by atoms with E-state index in [-0.39, 0.29) is 6.23 Å². The van der Waals surface area contributed by atoms with Crippen molar-refractivity contribution < 1.29 is 9.47 Å². The van der Waals surface area contributed by atoms with E-state index in [1.807, 2.05) is 6.92 Å². The van der Waals surface area contributed by atoms with Gasteiger partial charge >= 0.3 is 0 Å². The number of hydrogen-bond donors (Lipinski definition) is 0. The standard InChI is InChI=1S/C8H14ClNO2/c1-2-8(9)7(12-8)10-3-5-11-6-4-10/h7H,2-6H2,1H3. The van der Waals surface area contributed by atoms with Gasteiger partial charge in [-0.3, -0.25) is 4.90 Å². The molecular formula is C8H14ClNO2. The van der Waals surface area contributed by atoms with Gasteiger partial charge in [-0.05, 0) is 6.42 Å². The summed E-state index contributed by atoms with van der Waals surface area (Å²) in [5.41, 5.74) is 0. The lowest BCUT2D eigenvalue weighted by Crippen LogP contribution is -2.40. The summed E-state index contributed by atoms with van der Waals surface area (Å²) in [5, 5.41) is -0.392. The van der Waals surface area contributed by atoms with E-state index >= 15 is 0 Å². The quantitative estimate of drug-likeness (QED) is 0.481. The van der Waals surface area contributed by atoms with Gasteiger partial charge in [-0.1, -0.05) is 18.5 Å². The third-order valence-corrected chi connectivity index (χ3v) is 3.02. The molecule has 0 spiro atoms. The second-order valence-electron chi connectivity index (χ2n) is 3.26. The molecule has 12 heavy (non-hydrogen) atoms. The van der Waals surface area contributed by atoms with Gasteiger partial charge in [0, 0.05) is 13.1 Å². The molecule has 2 saturated heterocycles. The van der Waals surface area contributed by atoms with E-state index < -0.39 is 5.06 Å². The summed E-state index contributed by atoms with van der Waals surface area (Å²) in [6.07, 6.45) is 1.00. The van der Waals surface area contributed by atoms with E-state index in [9.17, 15) is 0 Å². The Hall–Kier alpha value is 0.170. The van der Waals surface area contributed by atoms with Crippen molar-refractivity contribution in [1.29, 1.82) is 0 Å². The van der Waals surface area contributed by atoms with E-state index in [0.717, 1.165) is 32.7 Å². The molecular weight excluding hydrogens is 178 g/mol. The first-order valence-electron chi connectivity index (χ1n) is 4.45. The van der Waals surface area contributed by atoms with Crippen LogP contribution in [-0.4, -0.2) is 42.5 Å². The van der Waals surface area contributed by atoms with Crippen LogP contribution in [0.3, 0.4) is 0 Å². The average Bonchev–Trinajstić information content (AvgIpc) is 2.81. The Bertz CT molecular complexity index is 170. The number of nitrogens with zero attached hydrogens (tertiary/aromatic N) is 1. The van der Waals surface area contributed by atoms with Crippen molar-refractivity contribution in [3.63, 3.8) is 0 Å². The second kappa shape index (κ2) is 3.14. The predicted molar refractivity (Wildman–Crippen MR) is 46.1 cm³/mol. The normalized spacial score (nSPS) is 43.0. The maximum atomic E-state index is 6.12. The molecule has 2 rings (SSSR count). The largest absolute Gasteiger partial charge is 0.379 e. The van der Waals surface area contributed by atoms with Gasteiger partial charge < -0.3 is 9.47 Å². The monoisotopic (exact) mass is 191 g/mol. The molecule has 0 aromatic carbocycles. The Balaban J connectivity index is 1.86. The molecule has 0 bridgehead atoms. The van der Waals surface area contributed by atoms with Crippen LogP contribution < -0.4 is 0 Å². The first-order chi connectivity index (χ1) is 5.76. The SMILES string of the molecule is CCC1(Cl)OC1N1CCOCC1. The highest BCUT2D eigenvalue weighted by Crippen LogP contribution is 2.45. The minimum atomic E-state index is -0.392. The van der Waals surface area contributed by atoms with E-state index in [4.69, 9.17) is 21.1 Å². The molecule has 0 aromatic rings. The molecule has 2 aliphatic heterocycles. The molecule has 0 saturated carbocycles. The molecule has 2 fully saturated rings. The van der Waals surface area contributed by atoms with Gasteiger partial charge in [0.2, 0.25) is 0 Å². The first-order valence-corrected chi connectivity index (χ1v) is 4.82. The Labute approximate surface area is 77.6 Å². The minimum Gasteiger partial charge on any atom is -0.379 e. The molecule has 0 amide bonds. The highest BCUT2D eigenvalue weighted by atomic mass is 35.5. The van der Waals surface area contributed by atoms with Crippen molar-refractivity contribution >= 4 is 11.6 Å². The van der Waals surface area contributed by atoms with E-state index in [2.05, 4.69) is 4.90 Å². The topological polar surface area (TPSA) is 25.0 Å². The van der Waals surface area contributed by atoms with Crippen LogP contribution in [0.2, 0.25) is 0 Å². The number of epoxide rings is 1. The number of hydrogen-bond acceptors (Lipinski definition) is 3. The van der Waals surface area contributed by atoms with Crippen molar-refractivity contribution in [3.05, 3.63) is 0 Å². The number of alkyl halides is 1. The summed E-state index contributed by atoms with van der Waals surface area (Å²) in [6.45, 7) is 5.54. The lowest BCUT2D eigenvalue weighted by molar-refractivity contribution is 0.0161. The molecule has 4 heteroatoms. The van der Waals surface area contributed by atoms with Crippen LogP contribution in [0.1, 0.15) is 13.3 Å². The summed E-state index contributed by atoms with van der Waals surface area (Å²) >= 11 is 6.12. The van der Waals surface area contributed by atoms with Crippen LogP contribution in [0.4, 0.5) is 0 Å². The number of ether oxygens (including phenoxy) is 2. The zero-order valence-corrected chi connectivity index (χ0v) is 8.01. The van der Waals surface area contributed by atoms with Gasteiger partial charge in [0.15, 0.2) is 11.3 Å². The number of morpholine rings is 1. The number of halogens is 1. The fraction of sp³-hybridized carbons (Fsp3) is 1.00. The molecule has 0 N–H and O–H groups in total. The molecule has 2 heterocycles. The molecule has 70 valence electrons.